The zero-order valence-corrected chi connectivity index (χ0v) is 15.1. The lowest BCUT2D eigenvalue weighted by molar-refractivity contribution is -0.115. The predicted octanol–water partition coefficient (Wildman–Crippen LogP) is 2.62. The molecule has 0 saturated carbocycles. The number of ether oxygens (including phenoxy) is 2. The average Bonchev–Trinajstić information content (AvgIpc) is 3.27. The van der Waals surface area contributed by atoms with Crippen molar-refractivity contribution in [3.63, 3.8) is 0 Å². The summed E-state index contributed by atoms with van der Waals surface area (Å²) in [6, 6.07) is 16.2. The second-order valence-electron chi connectivity index (χ2n) is 6.23. The normalized spacial score (nSPS) is 12.3. The van der Waals surface area contributed by atoms with E-state index >= 15 is 0 Å². The fraction of sp³-hybridized carbons (Fsp3) is 0.143. The molecule has 1 aliphatic heterocycles. The minimum Gasteiger partial charge on any atom is -0.486 e. The lowest BCUT2D eigenvalue weighted by atomic mass is 10.2. The molecule has 2 amide bonds. The Morgan fingerprint density at radius 3 is 2.54 bits per heavy atom. The summed E-state index contributed by atoms with van der Waals surface area (Å²) in [5.41, 5.74) is 1.94. The van der Waals surface area contributed by atoms with Crippen molar-refractivity contribution in [2.24, 2.45) is 0 Å². The molecule has 142 valence electrons. The first-order valence-electron chi connectivity index (χ1n) is 8.90. The third-order valence-corrected chi connectivity index (χ3v) is 4.25. The summed E-state index contributed by atoms with van der Waals surface area (Å²) in [6.45, 7) is 0.847. The van der Waals surface area contributed by atoms with Crippen LogP contribution in [0.1, 0.15) is 10.4 Å². The molecule has 0 radical (unpaired) electrons. The molecule has 7 heteroatoms. The van der Waals surface area contributed by atoms with Crippen LogP contribution in [0.5, 0.6) is 11.5 Å². The van der Waals surface area contributed by atoms with Gasteiger partial charge in [0.2, 0.25) is 5.91 Å². The van der Waals surface area contributed by atoms with E-state index in [0.29, 0.717) is 36.0 Å². The minimum atomic E-state index is -0.327. The van der Waals surface area contributed by atoms with E-state index in [2.05, 4.69) is 10.6 Å². The highest BCUT2D eigenvalue weighted by molar-refractivity contribution is 5.99. The van der Waals surface area contributed by atoms with Crippen LogP contribution in [0.25, 0.3) is 5.69 Å². The van der Waals surface area contributed by atoms with Crippen LogP contribution in [0.3, 0.4) is 0 Å². The quantitative estimate of drug-likeness (QED) is 0.716. The maximum atomic E-state index is 12.4. The highest BCUT2D eigenvalue weighted by Crippen LogP contribution is 2.32. The molecule has 0 bridgehead atoms. The molecule has 1 aliphatic rings. The number of carbonyl (C=O) groups is 2. The maximum absolute atomic E-state index is 12.4. The number of hydrogen-bond donors (Lipinski definition) is 2. The van der Waals surface area contributed by atoms with Crippen LogP contribution in [-0.4, -0.2) is 36.1 Å². The monoisotopic (exact) mass is 377 g/mol. The molecule has 0 spiro atoms. The van der Waals surface area contributed by atoms with Gasteiger partial charge >= 0.3 is 0 Å². The summed E-state index contributed by atoms with van der Waals surface area (Å²) in [7, 11) is 0. The van der Waals surface area contributed by atoms with Gasteiger partial charge in [0.05, 0.1) is 6.54 Å². The number of carbonyl (C=O) groups excluding carboxylic acids is 2. The van der Waals surface area contributed by atoms with Gasteiger partial charge in [-0.05, 0) is 42.5 Å². The van der Waals surface area contributed by atoms with Gasteiger partial charge in [-0.2, -0.15) is 0 Å². The van der Waals surface area contributed by atoms with Gasteiger partial charge in [0.25, 0.3) is 5.91 Å². The van der Waals surface area contributed by atoms with E-state index in [9.17, 15) is 9.59 Å². The van der Waals surface area contributed by atoms with Crippen LogP contribution in [-0.2, 0) is 4.79 Å². The molecule has 2 heterocycles. The Hall–Kier alpha value is -3.74. The maximum Gasteiger partial charge on any atom is 0.251 e. The number of nitrogens with zero attached hydrogens (tertiary/aromatic N) is 1. The van der Waals surface area contributed by atoms with Crippen LogP contribution in [0.15, 0.2) is 67.0 Å². The van der Waals surface area contributed by atoms with E-state index < -0.39 is 0 Å². The lowest BCUT2D eigenvalue weighted by Crippen LogP contribution is -2.32. The molecule has 28 heavy (non-hydrogen) atoms. The molecule has 0 aliphatic carbocycles. The second-order valence-corrected chi connectivity index (χ2v) is 6.23. The number of fused-ring (bicyclic) bond motifs is 1. The highest BCUT2D eigenvalue weighted by atomic mass is 16.6. The fourth-order valence-electron chi connectivity index (χ4n) is 2.90. The Morgan fingerprint density at radius 2 is 1.71 bits per heavy atom. The zero-order valence-electron chi connectivity index (χ0n) is 15.1. The van der Waals surface area contributed by atoms with Crippen molar-refractivity contribution in [3.8, 4) is 17.2 Å². The molecular formula is C21H19N3O4. The van der Waals surface area contributed by atoms with Gasteiger partial charge in [-0.15, -0.1) is 0 Å². The van der Waals surface area contributed by atoms with Gasteiger partial charge in [-0.25, -0.2) is 0 Å². The number of hydrogen-bond acceptors (Lipinski definition) is 4. The topological polar surface area (TPSA) is 81.6 Å². The van der Waals surface area contributed by atoms with Crippen molar-refractivity contribution in [1.82, 2.24) is 9.88 Å². The Balaban J connectivity index is 1.35. The molecule has 1 aromatic heterocycles. The molecule has 2 N–H and O–H groups in total. The zero-order chi connectivity index (χ0) is 19.3. The summed E-state index contributed by atoms with van der Waals surface area (Å²) in [6.07, 6.45) is 3.80. The Labute approximate surface area is 161 Å². The second kappa shape index (κ2) is 7.87. The van der Waals surface area contributed by atoms with Crippen LogP contribution in [0.4, 0.5) is 5.69 Å². The first-order chi connectivity index (χ1) is 13.7. The number of benzene rings is 2. The summed E-state index contributed by atoms with van der Waals surface area (Å²) >= 11 is 0. The van der Waals surface area contributed by atoms with E-state index in [1.165, 1.54) is 0 Å². The number of nitrogens with one attached hydrogen (secondary N) is 2. The first-order valence-corrected chi connectivity index (χ1v) is 8.90. The van der Waals surface area contributed by atoms with Gasteiger partial charge in [0, 0.05) is 35.4 Å². The Kier molecular flexibility index (Phi) is 4.97. The van der Waals surface area contributed by atoms with E-state index in [1.54, 1.807) is 36.4 Å². The number of amides is 2. The van der Waals surface area contributed by atoms with Crippen molar-refractivity contribution >= 4 is 17.5 Å². The minimum absolute atomic E-state index is 0.138. The molecular weight excluding hydrogens is 358 g/mol. The lowest BCUT2D eigenvalue weighted by Gasteiger charge is -2.19. The van der Waals surface area contributed by atoms with Crippen molar-refractivity contribution in [3.05, 3.63) is 72.6 Å². The van der Waals surface area contributed by atoms with Gasteiger partial charge < -0.3 is 24.7 Å². The van der Waals surface area contributed by atoms with Crippen molar-refractivity contribution in [1.29, 1.82) is 0 Å². The van der Waals surface area contributed by atoms with Crippen LogP contribution < -0.4 is 20.1 Å². The van der Waals surface area contributed by atoms with Crippen LogP contribution >= 0.6 is 0 Å². The molecule has 0 atom stereocenters. The molecule has 3 aromatic rings. The molecule has 0 fully saturated rings. The van der Waals surface area contributed by atoms with Crippen LogP contribution in [0, 0.1) is 0 Å². The van der Waals surface area contributed by atoms with Gasteiger partial charge in [0.1, 0.15) is 13.2 Å². The Morgan fingerprint density at radius 1 is 0.929 bits per heavy atom. The summed E-state index contributed by atoms with van der Waals surface area (Å²) in [4.78, 5) is 24.5. The van der Waals surface area contributed by atoms with E-state index in [0.717, 1.165) is 5.69 Å². The number of anilines is 1. The SMILES string of the molecule is O=C(CNC(=O)c1cccc(-n2cccc2)c1)Nc1ccc2c(c1)OCCO2. The average molecular weight is 377 g/mol. The van der Waals surface area contributed by atoms with Crippen LogP contribution in [0.2, 0.25) is 0 Å². The molecule has 7 nitrogen and oxygen atoms in total. The largest absolute Gasteiger partial charge is 0.486 e. The number of rotatable bonds is 5. The molecule has 0 saturated heterocycles. The highest BCUT2D eigenvalue weighted by Gasteiger charge is 2.13. The van der Waals surface area contributed by atoms with Gasteiger partial charge in [-0.1, -0.05) is 6.07 Å². The van der Waals surface area contributed by atoms with Gasteiger partial charge in [-0.3, -0.25) is 9.59 Å². The van der Waals surface area contributed by atoms with E-state index in [4.69, 9.17) is 9.47 Å². The van der Waals surface area contributed by atoms with Crippen molar-refractivity contribution in [2.75, 3.05) is 25.1 Å². The molecule has 4 rings (SSSR count). The smallest absolute Gasteiger partial charge is 0.251 e. The summed E-state index contributed by atoms with van der Waals surface area (Å²) in [5, 5.41) is 5.38. The Bertz CT molecular complexity index is 999. The molecule has 0 unspecified atom stereocenters. The summed E-state index contributed by atoms with van der Waals surface area (Å²) in [5.74, 6) is 0.605. The fourth-order valence-corrected chi connectivity index (χ4v) is 2.90. The summed E-state index contributed by atoms with van der Waals surface area (Å²) < 4.78 is 12.9. The van der Waals surface area contributed by atoms with Crippen molar-refractivity contribution < 1.29 is 19.1 Å². The first kappa shape index (κ1) is 17.7. The molecule has 2 aromatic carbocycles. The van der Waals surface area contributed by atoms with E-state index in [1.807, 2.05) is 35.2 Å². The predicted molar refractivity (Wildman–Crippen MR) is 104 cm³/mol. The van der Waals surface area contributed by atoms with Gasteiger partial charge in [0.15, 0.2) is 11.5 Å². The third kappa shape index (κ3) is 3.98. The van der Waals surface area contributed by atoms with Crippen molar-refractivity contribution in [2.45, 2.75) is 0 Å². The standard InChI is InChI=1S/C21H19N3O4/c25-20(23-16-6-7-18-19(13-16)28-11-10-27-18)14-22-21(26)15-4-3-5-17(12-15)24-8-1-2-9-24/h1-9,12-13H,10-11,14H2,(H,22,26)(H,23,25). The third-order valence-electron chi connectivity index (χ3n) is 4.25. The van der Waals surface area contributed by atoms with E-state index in [-0.39, 0.29) is 18.4 Å². The number of aromatic nitrogens is 1.